The van der Waals surface area contributed by atoms with Gasteiger partial charge in [-0.05, 0) is 50.7 Å². The third-order valence-electron chi connectivity index (χ3n) is 12.6. The highest BCUT2D eigenvalue weighted by Crippen LogP contribution is 2.38. The summed E-state index contributed by atoms with van der Waals surface area (Å²) in [7, 11) is 1.88. The maximum atomic E-state index is 14.3. The summed E-state index contributed by atoms with van der Waals surface area (Å²) in [5.74, 6) is -0.359. The number of nitrogens with zero attached hydrogens (tertiary/aromatic N) is 9. The van der Waals surface area contributed by atoms with Crippen molar-refractivity contribution < 1.29 is 27.9 Å². The number of imide groups is 1. The molecular weight excluding hydrogens is 739 g/mol. The number of hydrogen-bond acceptors (Lipinski definition) is 11. The average molecular weight is 783 g/mol. The number of likely N-dealkylation sites (tertiary alicyclic amines) is 1. The number of piperidine rings is 1. The molecule has 8 heterocycles. The van der Waals surface area contributed by atoms with Crippen molar-refractivity contribution in [1.29, 1.82) is 0 Å². The van der Waals surface area contributed by atoms with Crippen LogP contribution in [0.2, 0.25) is 0 Å². The first kappa shape index (κ1) is 35.9. The van der Waals surface area contributed by atoms with Gasteiger partial charge < -0.3 is 20.3 Å². The molecule has 5 fully saturated rings. The molecule has 1 saturated carbocycles. The Morgan fingerprint density at radius 3 is 2.60 bits per heavy atom. The molecule has 18 heteroatoms. The summed E-state index contributed by atoms with van der Waals surface area (Å²) in [4.78, 5) is 47.3. The third kappa shape index (κ3) is 6.47. The lowest BCUT2D eigenvalue weighted by Gasteiger charge is -2.46. The molecule has 0 spiro atoms. The molecule has 3 atom stereocenters. The monoisotopic (exact) mass is 782 g/mol. The number of nitrogens with one attached hydrogen (secondary N) is 3. The molecule has 3 amide bonds. The average Bonchev–Trinajstić information content (AvgIpc) is 4.04. The molecule has 298 valence electrons. The van der Waals surface area contributed by atoms with Gasteiger partial charge in [0, 0.05) is 69.4 Å². The minimum Gasteiger partial charge on any atom is -0.383 e. The van der Waals surface area contributed by atoms with E-state index in [0.717, 1.165) is 80.7 Å². The lowest BCUT2D eigenvalue weighted by molar-refractivity contribution is -0.134. The van der Waals surface area contributed by atoms with E-state index >= 15 is 0 Å². The number of amides is 3. The minimum absolute atomic E-state index is 0.00581. The van der Waals surface area contributed by atoms with Crippen molar-refractivity contribution >= 4 is 51.5 Å². The van der Waals surface area contributed by atoms with Crippen molar-refractivity contribution in [1.82, 2.24) is 44.4 Å². The first-order chi connectivity index (χ1) is 27.7. The highest BCUT2D eigenvalue weighted by Gasteiger charge is 2.40. The highest BCUT2D eigenvalue weighted by atomic mass is 19.3. The first-order valence-electron chi connectivity index (χ1n) is 19.8. The van der Waals surface area contributed by atoms with Gasteiger partial charge in [0.2, 0.25) is 11.8 Å². The van der Waals surface area contributed by atoms with E-state index in [0.29, 0.717) is 42.7 Å². The Morgan fingerprint density at radius 2 is 1.84 bits per heavy atom. The van der Waals surface area contributed by atoms with Gasteiger partial charge in [-0.25, -0.2) is 18.3 Å². The zero-order chi connectivity index (χ0) is 38.9. The first-order valence-corrected chi connectivity index (χ1v) is 19.8. The van der Waals surface area contributed by atoms with Gasteiger partial charge in [-0.15, -0.1) is 0 Å². The molecule has 3 N–H and O–H groups in total. The second-order valence-electron chi connectivity index (χ2n) is 16.1. The van der Waals surface area contributed by atoms with Crippen molar-refractivity contribution in [2.24, 2.45) is 13.0 Å². The van der Waals surface area contributed by atoms with E-state index in [1.54, 1.807) is 10.9 Å². The van der Waals surface area contributed by atoms with Gasteiger partial charge in [0.05, 0.1) is 59.5 Å². The molecule has 1 aromatic carbocycles. The number of carbonyl (C=O) groups is 3. The normalized spacial score (nSPS) is 25.5. The molecule has 1 aliphatic carbocycles. The fraction of sp³-hybridized carbons (Fsp3) is 0.513. The minimum atomic E-state index is -2.86. The number of ether oxygens (including phenoxy) is 1. The number of aryl methyl sites for hydroxylation is 1. The molecule has 4 aromatic heterocycles. The van der Waals surface area contributed by atoms with Crippen LogP contribution in [0.1, 0.15) is 85.1 Å². The fourth-order valence-corrected chi connectivity index (χ4v) is 9.60. The Kier molecular flexibility index (Phi) is 8.92. The van der Waals surface area contributed by atoms with Crippen LogP contribution < -0.4 is 20.9 Å². The van der Waals surface area contributed by atoms with Crippen molar-refractivity contribution in [3.05, 3.63) is 59.8 Å². The topological polar surface area (TPSA) is 169 Å². The Hall–Kier alpha value is -5.49. The number of carbonyl (C=O) groups excluding carboxylic acids is 3. The van der Waals surface area contributed by atoms with Crippen LogP contribution in [0.3, 0.4) is 0 Å². The summed E-state index contributed by atoms with van der Waals surface area (Å²) in [6, 6.07) is 8.45. The van der Waals surface area contributed by atoms with Crippen LogP contribution in [0.5, 0.6) is 0 Å². The number of fused-ring (bicyclic) bond motifs is 4. The molecule has 16 nitrogen and oxygen atoms in total. The Balaban J connectivity index is 0.742. The number of hydrogen-bond donors (Lipinski definition) is 3. The molecule has 5 aliphatic rings. The smallest absolute Gasteiger partial charge is 0.284 e. The summed E-state index contributed by atoms with van der Waals surface area (Å²) < 4.78 is 39.2. The van der Waals surface area contributed by atoms with Crippen molar-refractivity contribution in [3.63, 3.8) is 0 Å². The van der Waals surface area contributed by atoms with Gasteiger partial charge in [-0.3, -0.25) is 34.0 Å². The van der Waals surface area contributed by atoms with Crippen LogP contribution in [0.25, 0.3) is 16.6 Å². The van der Waals surface area contributed by atoms with Crippen LogP contribution in [0, 0.1) is 5.92 Å². The molecule has 0 radical (unpaired) electrons. The number of para-hydroxylation sites is 1. The highest BCUT2D eigenvalue weighted by molar-refractivity contribution is 6.08. The second-order valence-corrected chi connectivity index (χ2v) is 16.1. The van der Waals surface area contributed by atoms with E-state index in [9.17, 15) is 23.2 Å². The zero-order valence-corrected chi connectivity index (χ0v) is 31.5. The number of rotatable bonds is 10. The van der Waals surface area contributed by atoms with Gasteiger partial charge in [0.15, 0.2) is 11.3 Å². The van der Waals surface area contributed by atoms with Crippen LogP contribution in [0.15, 0.2) is 42.9 Å². The van der Waals surface area contributed by atoms with Crippen LogP contribution in [-0.4, -0.2) is 108 Å². The molecule has 10 rings (SSSR count). The SMILES string of the molecule is Cn1nc(C2CCC(=O)NC2=O)c2cccc(NCC3CN(C4CCC(n5cc(NC(=O)c6cnn7ccc(N8C[C@H]9C[C@@H]8CO9)nc67)c(C(F)F)n5)CC4)C3)c21. The molecule has 1 unspecified atom stereocenters. The predicted molar refractivity (Wildman–Crippen MR) is 204 cm³/mol. The van der Waals surface area contributed by atoms with Crippen LogP contribution in [0.4, 0.5) is 26.0 Å². The Labute approximate surface area is 325 Å². The summed E-state index contributed by atoms with van der Waals surface area (Å²) in [5.41, 5.74) is 2.69. The molecule has 2 bridgehead atoms. The molecular formula is C39H44F2N12O4. The molecule has 4 saturated heterocycles. The summed E-state index contributed by atoms with van der Waals surface area (Å²) in [5, 5.41) is 22.9. The predicted octanol–water partition coefficient (Wildman–Crippen LogP) is 4.03. The number of benzene rings is 1. The quantitative estimate of drug-likeness (QED) is 0.175. The number of anilines is 3. The fourth-order valence-electron chi connectivity index (χ4n) is 9.60. The number of aromatic nitrogens is 7. The van der Waals surface area contributed by atoms with E-state index in [-0.39, 0.29) is 41.3 Å². The van der Waals surface area contributed by atoms with E-state index in [4.69, 9.17) is 14.8 Å². The van der Waals surface area contributed by atoms with Gasteiger partial charge in [0.1, 0.15) is 11.4 Å². The van der Waals surface area contributed by atoms with Crippen molar-refractivity contribution in [3.8, 4) is 0 Å². The van der Waals surface area contributed by atoms with Crippen molar-refractivity contribution in [2.75, 3.05) is 48.3 Å². The lowest BCUT2D eigenvalue weighted by Crippen LogP contribution is -2.54. The van der Waals surface area contributed by atoms with Gasteiger partial charge in [-0.1, -0.05) is 12.1 Å². The standard InChI is InChI=1S/C39H44F2N12O4/c1-49-35-26(33(47-49)27-9-10-32(54)46-38(27)55)3-2-4-29(35)42-14-21-16-50(17-21)22-5-7-23(8-6-22)53-19-30(34(48-53)36(40)41)44-39(56)28-15-43-52-12-11-31(45-37(28)52)51-18-25-13-24(51)20-57-25/h2-4,11-12,15,19,21-25,27,36,42H,5-10,13-14,16-18,20H2,1H3,(H,44,56)(H,46,54,55)/t22?,23?,24-,25-,27?/m1/s1. The summed E-state index contributed by atoms with van der Waals surface area (Å²) in [6.07, 6.45) is 7.17. The summed E-state index contributed by atoms with van der Waals surface area (Å²) >= 11 is 0. The maximum absolute atomic E-state index is 14.3. The molecule has 57 heavy (non-hydrogen) atoms. The van der Waals surface area contributed by atoms with Crippen LogP contribution >= 0.6 is 0 Å². The lowest BCUT2D eigenvalue weighted by atomic mass is 9.86. The molecule has 5 aromatic rings. The third-order valence-corrected chi connectivity index (χ3v) is 12.6. The maximum Gasteiger partial charge on any atom is 0.284 e. The van der Waals surface area contributed by atoms with E-state index < -0.39 is 23.9 Å². The van der Waals surface area contributed by atoms with E-state index in [1.807, 2.05) is 36.0 Å². The number of alkyl halides is 2. The second kappa shape index (κ2) is 14.2. The van der Waals surface area contributed by atoms with Gasteiger partial charge in [-0.2, -0.15) is 15.3 Å². The Bertz CT molecular complexity index is 2380. The van der Waals surface area contributed by atoms with Crippen LogP contribution in [-0.2, 0) is 21.4 Å². The zero-order valence-electron chi connectivity index (χ0n) is 31.5. The largest absolute Gasteiger partial charge is 0.383 e. The summed E-state index contributed by atoms with van der Waals surface area (Å²) in [6.45, 7) is 4.11. The van der Waals surface area contributed by atoms with E-state index in [1.165, 1.54) is 16.9 Å². The van der Waals surface area contributed by atoms with Gasteiger partial charge in [0.25, 0.3) is 12.3 Å². The molecule has 4 aliphatic heterocycles. The number of halogens is 2. The van der Waals surface area contributed by atoms with Gasteiger partial charge >= 0.3 is 0 Å². The Morgan fingerprint density at radius 1 is 1.02 bits per heavy atom. The number of morpholine rings is 1. The van der Waals surface area contributed by atoms with E-state index in [2.05, 4.69) is 35.9 Å². The van der Waals surface area contributed by atoms with Crippen molar-refractivity contribution in [2.45, 2.75) is 81.5 Å².